The molecule has 0 aromatic heterocycles. The van der Waals surface area contributed by atoms with Crippen molar-refractivity contribution in [3.05, 3.63) is 89.0 Å². The molecule has 0 radical (unpaired) electrons. The molecule has 7 atom stereocenters. The highest BCUT2D eigenvalue weighted by molar-refractivity contribution is 6.19. The van der Waals surface area contributed by atoms with Gasteiger partial charge in [-0.3, -0.25) is 9.59 Å². The van der Waals surface area contributed by atoms with Crippen molar-refractivity contribution >= 4 is 17.7 Å². The number of carbonyl (C=O) groups excluding carboxylic acids is 3. The van der Waals surface area contributed by atoms with Crippen LogP contribution in [-0.4, -0.2) is 48.3 Å². The predicted molar refractivity (Wildman–Crippen MR) is 179 cm³/mol. The van der Waals surface area contributed by atoms with Crippen LogP contribution in [0.25, 0.3) is 0 Å². The van der Waals surface area contributed by atoms with E-state index in [-0.39, 0.29) is 41.6 Å². The van der Waals surface area contributed by atoms with E-state index in [1.54, 1.807) is 20.1 Å². The lowest BCUT2D eigenvalue weighted by atomic mass is 9.67. The van der Waals surface area contributed by atoms with E-state index >= 15 is 0 Å². The number of ether oxygens (including phenoxy) is 4. The van der Waals surface area contributed by atoms with Crippen LogP contribution in [0.3, 0.4) is 0 Å². The molecule has 8 heteroatoms. The Morgan fingerprint density at radius 2 is 1.79 bits per heavy atom. The maximum Gasteiger partial charge on any atom is 0.342 e. The lowest BCUT2D eigenvalue weighted by Crippen LogP contribution is -2.37. The van der Waals surface area contributed by atoms with Crippen LogP contribution in [-0.2, 0) is 35.2 Å². The van der Waals surface area contributed by atoms with E-state index in [2.05, 4.69) is 0 Å². The number of Topliss-reactive ketones (excluding diaryl/α,β-unsaturated/α-hetero) is 1. The number of allylic oxidation sites excluding steroid dienone is 2. The molecule has 254 valence electrons. The van der Waals surface area contributed by atoms with E-state index < -0.39 is 35.7 Å². The van der Waals surface area contributed by atoms with Crippen molar-refractivity contribution in [1.82, 2.24) is 0 Å². The van der Waals surface area contributed by atoms with Gasteiger partial charge in [-0.2, -0.15) is 0 Å². The van der Waals surface area contributed by atoms with E-state index in [1.807, 2.05) is 95.3 Å². The van der Waals surface area contributed by atoms with Gasteiger partial charge in [0, 0.05) is 18.9 Å². The average Bonchev–Trinajstić information content (AvgIpc) is 3.36. The van der Waals surface area contributed by atoms with Crippen molar-refractivity contribution in [2.45, 2.75) is 98.2 Å². The molecule has 0 spiro atoms. The maximum absolute atomic E-state index is 13.4. The molecule has 1 saturated heterocycles. The van der Waals surface area contributed by atoms with E-state index in [0.717, 1.165) is 23.3 Å². The molecule has 1 fully saturated rings. The van der Waals surface area contributed by atoms with E-state index in [1.165, 1.54) is 0 Å². The Balaban J connectivity index is 1.41. The van der Waals surface area contributed by atoms with Crippen LogP contribution in [0.4, 0.5) is 0 Å². The van der Waals surface area contributed by atoms with Gasteiger partial charge >= 0.3 is 11.9 Å². The molecule has 1 heterocycles. The Morgan fingerprint density at radius 1 is 1.06 bits per heavy atom. The quantitative estimate of drug-likeness (QED) is 0.171. The molecule has 0 bridgehead atoms. The van der Waals surface area contributed by atoms with Gasteiger partial charge in [-0.15, -0.1) is 0 Å². The number of esters is 2. The molecule has 1 N–H and O–H groups in total. The summed E-state index contributed by atoms with van der Waals surface area (Å²) >= 11 is 0. The first-order valence-electron chi connectivity index (χ1n) is 16.7. The summed E-state index contributed by atoms with van der Waals surface area (Å²) in [5.74, 6) is -1.31. The third kappa shape index (κ3) is 9.20. The molecule has 0 unspecified atom stereocenters. The first kappa shape index (κ1) is 36.1. The zero-order chi connectivity index (χ0) is 34.3. The number of cyclic esters (lactones) is 1. The summed E-state index contributed by atoms with van der Waals surface area (Å²) in [4.78, 5) is 38.4. The molecule has 2 aromatic carbocycles. The molecular formula is C39H50O8. The van der Waals surface area contributed by atoms with Crippen LogP contribution in [0.5, 0.6) is 5.75 Å². The molecule has 0 amide bonds. The smallest absolute Gasteiger partial charge is 0.342 e. The molecule has 2 aliphatic rings. The first-order valence-corrected chi connectivity index (χ1v) is 16.7. The fraction of sp³-hybridized carbons (Fsp3) is 0.513. The maximum atomic E-state index is 13.4. The summed E-state index contributed by atoms with van der Waals surface area (Å²) in [6, 6.07) is 18.0. The number of aliphatic hydroxyl groups excluding tert-OH is 1. The van der Waals surface area contributed by atoms with Gasteiger partial charge in [0.05, 0.1) is 18.6 Å². The zero-order valence-corrected chi connectivity index (χ0v) is 28.7. The number of hydrogen-bond acceptors (Lipinski definition) is 8. The SMILES string of the molecule is CO[C@@H](CC[C@H](C)[C@@H](O)[C@@H](C)/C=C\C1=C(C(=O)O[C@@H]2CC(=O)O[C@@H]2C)C(=O)[C@H](C)CC1(C)C)c1cccc(OCc2ccccc2)c1. The van der Waals surface area contributed by atoms with Gasteiger partial charge in [-0.25, -0.2) is 4.79 Å². The van der Waals surface area contributed by atoms with Crippen LogP contribution in [0.15, 0.2) is 77.9 Å². The number of rotatable bonds is 14. The Morgan fingerprint density at radius 3 is 2.45 bits per heavy atom. The van der Waals surface area contributed by atoms with E-state index in [9.17, 15) is 19.5 Å². The summed E-state index contributed by atoms with van der Waals surface area (Å²) in [5.41, 5.74) is 2.24. The minimum Gasteiger partial charge on any atom is -0.489 e. The van der Waals surface area contributed by atoms with Gasteiger partial charge in [-0.1, -0.05) is 89.2 Å². The van der Waals surface area contributed by atoms with Crippen LogP contribution < -0.4 is 4.74 Å². The van der Waals surface area contributed by atoms with Crippen molar-refractivity contribution in [1.29, 1.82) is 0 Å². The van der Waals surface area contributed by atoms with Gasteiger partial charge < -0.3 is 24.1 Å². The monoisotopic (exact) mass is 646 g/mol. The van der Waals surface area contributed by atoms with Gasteiger partial charge in [-0.05, 0) is 66.4 Å². The van der Waals surface area contributed by atoms with Crippen molar-refractivity contribution in [2.75, 3.05) is 7.11 Å². The second-order valence-electron chi connectivity index (χ2n) is 13.8. The summed E-state index contributed by atoms with van der Waals surface area (Å²) in [6.45, 7) is 11.9. The van der Waals surface area contributed by atoms with E-state index in [0.29, 0.717) is 25.0 Å². The molecular weight excluding hydrogens is 596 g/mol. The highest BCUT2D eigenvalue weighted by Gasteiger charge is 2.43. The van der Waals surface area contributed by atoms with Crippen LogP contribution in [0.2, 0.25) is 0 Å². The van der Waals surface area contributed by atoms with Crippen LogP contribution in [0, 0.1) is 23.2 Å². The van der Waals surface area contributed by atoms with E-state index in [4.69, 9.17) is 18.9 Å². The molecule has 47 heavy (non-hydrogen) atoms. The number of carbonyl (C=O) groups is 3. The van der Waals surface area contributed by atoms with Crippen molar-refractivity contribution in [2.24, 2.45) is 23.2 Å². The summed E-state index contributed by atoms with van der Waals surface area (Å²) in [6.07, 6.45) is 3.53. The Labute approximate surface area is 279 Å². The predicted octanol–water partition coefficient (Wildman–Crippen LogP) is 7.10. The molecule has 1 aliphatic carbocycles. The topological polar surface area (TPSA) is 108 Å². The first-order chi connectivity index (χ1) is 22.3. The Bertz CT molecular complexity index is 1460. The van der Waals surface area contributed by atoms with Crippen molar-refractivity contribution in [3.63, 3.8) is 0 Å². The molecule has 8 nitrogen and oxygen atoms in total. The lowest BCUT2D eigenvalue weighted by molar-refractivity contribution is -0.149. The summed E-state index contributed by atoms with van der Waals surface area (Å²) in [5, 5.41) is 11.3. The highest BCUT2D eigenvalue weighted by atomic mass is 16.6. The van der Waals surface area contributed by atoms with Gasteiger partial charge in [0.15, 0.2) is 5.78 Å². The minimum absolute atomic E-state index is 0.0178. The van der Waals surface area contributed by atoms with Crippen LogP contribution >= 0.6 is 0 Å². The fourth-order valence-corrected chi connectivity index (χ4v) is 6.63. The average molecular weight is 647 g/mol. The Kier molecular flexibility index (Phi) is 12.2. The number of methoxy groups -OCH3 is 1. The number of aliphatic hydroxyl groups is 1. The number of hydrogen-bond donors (Lipinski definition) is 1. The van der Waals surface area contributed by atoms with Gasteiger partial charge in [0.25, 0.3) is 0 Å². The number of ketones is 1. The highest BCUT2D eigenvalue weighted by Crippen LogP contribution is 2.43. The number of benzene rings is 2. The minimum atomic E-state index is -0.734. The summed E-state index contributed by atoms with van der Waals surface area (Å²) in [7, 11) is 1.69. The molecule has 4 rings (SSSR count). The third-order valence-electron chi connectivity index (χ3n) is 9.52. The third-order valence-corrected chi connectivity index (χ3v) is 9.52. The van der Waals surface area contributed by atoms with Crippen LogP contribution in [0.1, 0.15) is 84.5 Å². The second-order valence-corrected chi connectivity index (χ2v) is 13.8. The second kappa shape index (κ2) is 15.9. The molecule has 0 saturated carbocycles. The van der Waals surface area contributed by atoms with Gasteiger partial charge in [0.1, 0.15) is 30.1 Å². The summed E-state index contributed by atoms with van der Waals surface area (Å²) < 4.78 is 22.6. The lowest BCUT2D eigenvalue weighted by Gasteiger charge is -2.36. The Hall–Kier alpha value is -3.75. The van der Waals surface area contributed by atoms with Gasteiger partial charge in [0.2, 0.25) is 0 Å². The van der Waals surface area contributed by atoms with Crippen molar-refractivity contribution in [3.8, 4) is 5.75 Å². The van der Waals surface area contributed by atoms with Crippen molar-refractivity contribution < 1.29 is 38.4 Å². The molecule has 2 aromatic rings. The standard InChI is InChI=1S/C39H50O8/c1-24(16-18-31-35(37(42)26(3)22-39(31,5)6)38(43)47-33-21-34(40)46-27(33)4)36(41)25(2)17-19-32(44-7)29-14-11-15-30(20-29)45-23-28-12-9-8-10-13-28/h8-16,18,20,24-27,32-33,36,41H,17,19,21-23H2,1-7H3/b18-16-/t24-,25-,26+,27+,32-,33+,36-/m0/s1. The largest absolute Gasteiger partial charge is 0.489 e. The zero-order valence-electron chi connectivity index (χ0n) is 28.7. The normalized spacial score (nSPS) is 23.7. The fourth-order valence-electron chi connectivity index (χ4n) is 6.63. The molecule has 1 aliphatic heterocycles.